The number of halogens is 2. The van der Waals surface area contributed by atoms with Gasteiger partial charge in [0.2, 0.25) is 0 Å². The third-order valence-electron chi connectivity index (χ3n) is 2.67. The summed E-state index contributed by atoms with van der Waals surface area (Å²) in [5, 5.41) is 4.04. The predicted octanol–water partition coefficient (Wildman–Crippen LogP) is 2.43. The molecule has 0 saturated carbocycles. The Morgan fingerprint density at radius 1 is 1.39 bits per heavy atom. The van der Waals surface area contributed by atoms with Crippen LogP contribution in [0.4, 0.5) is 8.78 Å². The Hall–Kier alpha value is -2.04. The maximum absolute atomic E-state index is 13.4. The van der Waals surface area contributed by atoms with Crippen LogP contribution in [0.1, 0.15) is 21.6 Å². The molecular formula is C13H12F2N2O. The number of ketones is 1. The first-order valence-electron chi connectivity index (χ1n) is 5.44. The standard InChI is InChI=1S/C13H12F2N2O/c1-8-11(7-17(2)16-8)13(18)6-9-5-10(14)3-4-12(9)15/h3-5,7H,6H2,1-2H3. The Bertz CT molecular complexity index is 605. The number of Topliss-reactive ketones (excluding diaryl/α,β-unsaturated/α-hetero) is 1. The van der Waals surface area contributed by atoms with Crippen LogP contribution in [0.3, 0.4) is 0 Å². The van der Waals surface area contributed by atoms with Crippen molar-refractivity contribution in [3.05, 3.63) is 52.9 Å². The molecule has 0 fully saturated rings. The van der Waals surface area contributed by atoms with Crippen LogP contribution in [0.5, 0.6) is 0 Å². The van der Waals surface area contributed by atoms with Crippen LogP contribution < -0.4 is 0 Å². The van der Waals surface area contributed by atoms with Crippen LogP contribution in [0, 0.1) is 18.6 Å². The average molecular weight is 250 g/mol. The Labute approximate surface area is 103 Å². The van der Waals surface area contributed by atoms with Gasteiger partial charge in [0, 0.05) is 19.7 Å². The highest BCUT2D eigenvalue weighted by Gasteiger charge is 2.15. The molecule has 5 heteroatoms. The van der Waals surface area contributed by atoms with E-state index in [4.69, 9.17) is 0 Å². The SMILES string of the molecule is Cc1nn(C)cc1C(=O)Cc1cc(F)ccc1F. The highest BCUT2D eigenvalue weighted by atomic mass is 19.1. The molecule has 0 atom stereocenters. The third-order valence-corrected chi connectivity index (χ3v) is 2.67. The number of carbonyl (C=O) groups is 1. The molecule has 0 bridgehead atoms. The molecule has 2 rings (SSSR count). The Kier molecular flexibility index (Phi) is 3.23. The van der Waals surface area contributed by atoms with Crippen LogP contribution in [-0.2, 0) is 13.5 Å². The number of aromatic nitrogens is 2. The lowest BCUT2D eigenvalue weighted by Crippen LogP contribution is -2.06. The van der Waals surface area contributed by atoms with Crippen molar-refractivity contribution in [3.8, 4) is 0 Å². The van der Waals surface area contributed by atoms with E-state index in [2.05, 4.69) is 5.10 Å². The van der Waals surface area contributed by atoms with Crippen molar-refractivity contribution in [1.29, 1.82) is 0 Å². The molecule has 0 amide bonds. The van der Waals surface area contributed by atoms with Gasteiger partial charge in [0.05, 0.1) is 11.3 Å². The van der Waals surface area contributed by atoms with Crippen molar-refractivity contribution in [1.82, 2.24) is 9.78 Å². The highest BCUT2D eigenvalue weighted by molar-refractivity contribution is 5.98. The Balaban J connectivity index is 2.26. The molecular weight excluding hydrogens is 238 g/mol. The topological polar surface area (TPSA) is 34.9 Å². The van der Waals surface area contributed by atoms with Gasteiger partial charge in [0.1, 0.15) is 11.6 Å². The minimum absolute atomic E-state index is 0.0586. The smallest absolute Gasteiger partial charge is 0.170 e. The van der Waals surface area contributed by atoms with Crippen LogP contribution in [0.25, 0.3) is 0 Å². The van der Waals surface area contributed by atoms with Crippen molar-refractivity contribution in [2.45, 2.75) is 13.3 Å². The van der Waals surface area contributed by atoms with Gasteiger partial charge in [-0.3, -0.25) is 9.48 Å². The van der Waals surface area contributed by atoms with Crippen molar-refractivity contribution in [2.24, 2.45) is 7.05 Å². The van der Waals surface area contributed by atoms with E-state index < -0.39 is 11.6 Å². The number of hydrogen-bond acceptors (Lipinski definition) is 2. The summed E-state index contributed by atoms with van der Waals surface area (Å²) in [5.41, 5.74) is 1.07. The number of carbonyl (C=O) groups excluding carboxylic acids is 1. The lowest BCUT2D eigenvalue weighted by Gasteiger charge is -2.02. The fourth-order valence-electron chi connectivity index (χ4n) is 1.82. The number of benzene rings is 1. The molecule has 0 aliphatic carbocycles. The molecule has 0 N–H and O–H groups in total. The fourth-order valence-corrected chi connectivity index (χ4v) is 1.82. The van der Waals surface area contributed by atoms with Gasteiger partial charge < -0.3 is 0 Å². The molecule has 0 spiro atoms. The van der Waals surface area contributed by atoms with Gasteiger partial charge in [-0.2, -0.15) is 5.10 Å². The fraction of sp³-hybridized carbons (Fsp3) is 0.231. The summed E-state index contributed by atoms with van der Waals surface area (Å²) in [6, 6.07) is 3.09. The summed E-state index contributed by atoms with van der Waals surface area (Å²) in [4.78, 5) is 12.0. The first-order valence-corrected chi connectivity index (χ1v) is 5.44. The minimum Gasteiger partial charge on any atom is -0.294 e. The molecule has 0 aliphatic heterocycles. The molecule has 0 saturated heterocycles. The quantitative estimate of drug-likeness (QED) is 0.784. The molecule has 0 unspecified atom stereocenters. The van der Waals surface area contributed by atoms with E-state index in [0.717, 1.165) is 18.2 Å². The van der Waals surface area contributed by atoms with E-state index in [9.17, 15) is 13.6 Å². The second-order valence-electron chi connectivity index (χ2n) is 4.14. The number of nitrogens with zero attached hydrogens (tertiary/aromatic N) is 2. The third kappa shape index (κ3) is 2.45. The minimum atomic E-state index is -0.578. The zero-order valence-corrected chi connectivity index (χ0v) is 10.1. The molecule has 94 valence electrons. The van der Waals surface area contributed by atoms with E-state index in [1.165, 1.54) is 4.68 Å². The van der Waals surface area contributed by atoms with Gasteiger partial charge in [-0.1, -0.05) is 0 Å². The van der Waals surface area contributed by atoms with Gasteiger partial charge in [0.25, 0.3) is 0 Å². The number of hydrogen-bond donors (Lipinski definition) is 0. The van der Waals surface area contributed by atoms with E-state index in [0.29, 0.717) is 11.3 Å². The monoisotopic (exact) mass is 250 g/mol. The molecule has 3 nitrogen and oxygen atoms in total. The lowest BCUT2D eigenvalue weighted by molar-refractivity contribution is 0.0991. The highest BCUT2D eigenvalue weighted by Crippen LogP contribution is 2.14. The first-order chi connectivity index (χ1) is 8.47. The van der Waals surface area contributed by atoms with Crippen LogP contribution in [0.2, 0.25) is 0 Å². The molecule has 18 heavy (non-hydrogen) atoms. The summed E-state index contributed by atoms with van der Waals surface area (Å²) < 4.78 is 27.9. The van der Waals surface area contributed by atoms with Gasteiger partial charge >= 0.3 is 0 Å². The van der Waals surface area contributed by atoms with Gasteiger partial charge in [-0.15, -0.1) is 0 Å². The van der Waals surface area contributed by atoms with Crippen molar-refractivity contribution in [2.75, 3.05) is 0 Å². The van der Waals surface area contributed by atoms with E-state index >= 15 is 0 Å². The van der Waals surface area contributed by atoms with Crippen LogP contribution in [-0.4, -0.2) is 15.6 Å². The second-order valence-corrected chi connectivity index (χ2v) is 4.14. The molecule has 2 aromatic rings. The van der Waals surface area contributed by atoms with E-state index in [1.54, 1.807) is 20.2 Å². The summed E-state index contributed by atoms with van der Waals surface area (Å²) in [6.07, 6.45) is 1.41. The van der Waals surface area contributed by atoms with Gasteiger partial charge in [-0.05, 0) is 30.7 Å². The second kappa shape index (κ2) is 4.68. The molecule has 1 aromatic carbocycles. The summed E-state index contributed by atoms with van der Waals surface area (Å²) >= 11 is 0. The Morgan fingerprint density at radius 3 is 2.72 bits per heavy atom. The van der Waals surface area contributed by atoms with Gasteiger partial charge in [-0.25, -0.2) is 8.78 Å². The summed E-state index contributed by atoms with van der Waals surface area (Å²) in [7, 11) is 1.70. The van der Waals surface area contributed by atoms with Crippen molar-refractivity contribution >= 4 is 5.78 Å². The van der Waals surface area contributed by atoms with Crippen molar-refractivity contribution < 1.29 is 13.6 Å². The van der Waals surface area contributed by atoms with Crippen LogP contribution >= 0.6 is 0 Å². The zero-order valence-electron chi connectivity index (χ0n) is 10.1. The van der Waals surface area contributed by atoms with E-state index in [1.807, 2.05) is 0 Å². The summed E-state index contributed by atoms with van der Waals surface area (Å²) in [6.45, 7) is 1.70. The number of rotatable bonds is 3. The molecule has 0 radical (unpaired) electrons. The first kappa shape index (κ1) is 12.4. The predicted molar refractivity (Wildman–Crippen MR) is 62.3 cm³/mol. The largest absolute Gasteiger partial charge is 0.294 e. The van der Waals surface area contributed by atoms with E-state index in [-0.39, 0.29) is 17.8 Å². The molecule has 0 aliphatic rings. The van der Waals surface area contributed by atoms with Crippen LogP contribution in [0.15, 0.2) is 24.4 Å². The number of aryl methyl sites for hydroxylation is 2. The van der Waals surface area contributed by atoms with Gasteiger partial charge in [0.15, 0.2) is 5.78 Å². The summed E-state index contributed by atoms with van der Waals surface area (Å²) in [5.74, 6) is -1.40. The van der Waals surface area contributed by atoms with Crippen molar-refractivity contribution in [3.63, 3.8) is 0 Å². The normalized spacial score (nSPS) is 10.7. The molecule has 1 aromatic heterocycles. The maximum Gasteiger partial charge on any atom is 0.170 e. The molecule has 1 heterocycles. The lowest BCUT2D eigenvalue weighted by atomic mass is 10.0. The maximum atomic E-state index is 13.4. The zero-order chi connectivity index (χ0) is 13.3. The Morgan fingerprint density at radius 2 is 2.11 bits per heavy atom. The average Bonchev–Trinajstić information content (AvgIpc) is 2.63.